The van der Waals surface area contributed by atoms with Gasteiger partial charge in [-0.1, -0.05) is 63.9 Å². The van der Waals surface area contributed by atoms with Crippen molar-refractivity contribution < 1.29 is 4.79 Å². The summed E-state index contributed by atoms with van der Waals surface area (Å²) in [6.45, 7) is 9.65. The van der Waals surface area contributed by atoms with Crippen molar-refractivity contribution in [1.82, 2.24) is 0 Å². The summed E-state index contributed by atoms with van der Waals surface area (Å²) in [5.41, 5.74) is 0.654. The van der Waals surface area contributed by atoms with Gasteiger partial charge in [0, 0.05) is 5.56 Å². The van der Waals surface area contributed by atoms with Crippen molar-refractivity contribution in [3.8, 4) is 11.8 Å². The standard InChI is InChI=1S/C10H8O.2C2H6/c1-2-6-10(11)9-7-4-3-5-8-9;2*1-2/h3-5,7-8H,1H3;2*1-2H3. The van der Waals surface area contributed by atoms with E-state index in [4.69, 9.17) is 0 Å². The van der Waals surface area contributed by atoms with Crippen LogP contribution in [0.25, 0.3) is 0 Å². The molecule has 0 aliphatic carbocycles. The maximum atomic E-state index is 11.1. The van der Waals surface area contributed by atoms with E-state index in [1.807, 2.05) is 45.9 Å². The van der Waals surface area contributed by atoms with Gasteiger partial charge in [0.25, 0.3) is 0 Å². The number of rotatable bonds is 1. The third kappa shape index (κ3) is 7.52. The van der Waals surface area contributed by atoms with Crippen molar-refractivity contribution in [2.24, 2.45) is 0 Å². The Morgan fingerprint density at radius 2 is 1.47 bits per heavy atom. The average molecular weight is 204 g/mol. The predicted molar refractivity (Wildman–Crippen MR) is 66.9 cm³/mol. The first-order valence-corrected chi connectivity index (χ1v) is 5.36. The van der Waals surface area contributed by atoms with E-state index in [2.05, 4.69) is 11.8 Å². The Kier molecular flexibility index (Phi) is 13.2. The monoisotopic (exact) mass is 204 g/mol. The zero-order valence-corrected chi connectivity index (χ0v) is 10.3. The second-order valence-electron chi connectivity index (χ2n) is 2.07. The van der Waals surface area contributed by atoms with Crippen LogP contribution >= 0.6 is 0 Å². The number of carbonyl (C=O) groups excluding carboxylic acids is 1. The van der Waals surface area contributed by atoms with Crippen LogP contribution < -0.4 is 0 Å². The van der Waals surface area contributed by atoms with Crippen molar-refractivity contribution >= 4 is 5.78 Å². The number of hydrogen-bond donors (Lipinski definition) is 0. The van der Waals surface area contributed by atoms with Crippen LogP contribution in [-0.2, 0) is 0 Å². The number of benzene rings is 1. The van der Waals surface area contributed by atoms with Crippen molar-refractivity contribution in [1.29, 1.82) is 0 Å². The zero-order valence-electron chi connectivity index (χ0n) is 10.3. The summed E-state index contributed by atoms with van der Waals surface area (Å²) in [5.74, 6) is 4.92. The molecule has 0 heterocycles. The maximum Gasteiger partial charge on any atom is 0.235 e. The fourth-order valence-corrected chi connectivity index (χ4v) is 0.775. The molecule has 0 spiro atoms. The highest BCUT2D eigenvalue weighted by Gasteiger charge is 1.97. The zero-order chi connectivity index (χ0) is 12.1. The fraction of sp³-hybridized carbons (Fsp3) is 0.357. The van der Waals surface area contributed by atoms with Gasteiger partial charge in [-0.2, -0.15) is 0 Å². The molecule has 0 aliphatic rings. The van der Waals surface area contributed by atoms with Crippen LogP contribution in [0.4, 0.5) is 0 Å². The molecule has 0 bridgehead atoms. The predicted octanol–water partition coefficient (Wildman–Crippen LogP) is 3.95. The van der Waals surface area contributed by atoms with Gasteiger partial charge in [0.05, 0.1) is 0 Å². The molecule has 0 fully saturated rings. The van der Waals surface area contributed by atoms with E-state index >= 15 is 0 Å². The summed E-state index contributed by atoms with van der Waals surface area (Å²) in [6, 6.07) is 9.03. The van der Waals surface area contributed by atoms with Gasteiger partial charge in [0.2, 0.25) is 5.78 Å². The lowest BCUT2D eigenvalue weighted by atomic mass is 10.1. The van der Waals surface area contributed by atoms with Gasteiger partial charge in [-0.15, -0.1) is 0 Å². The minimum absolute atomic E-state index is 0.117. The topological polar surface area (TPSA) is 17.1 Å². The molecule has 1 aromatic carbocycles. The van der Waals surface area contributed by atoms with Crippen LogP contribution in [0.5, 0.6) is 0 Å². The summed E-state index contributed by atoms with van der Waals surface area (Å²) in [7, 11) is 0. The van der Waals surface area contributed by atoms with Crippen LogP contribution in [0.2, 0.25) is 0 Å². The highest BCUT2D eigenvalue weighted by atomic mass is 16.1. The van der Waals surface area contributed by atoms with E-state index in [1.165, 1.54) is 0 Å². The quantitative estimate of drug-likeness (QED) is 0.384. The van der Waals surface area contributed by atoms with Gasteiger partial charge in [-0.3, -0.25) is 4.79 Å². The summed E-state index contributed by atoms with van der Waals surface area (Å²) >= 11 is 0. The molecule has 1 nitrogen and oxygen atoms in total. The minimum Gasteiger partial charge on any atom is -0.279 e. The van der Waals surface area contributed by atoms with E-state index in [9.17, 15) is 4.79 Å². The van der Waals surface area contributed by atoms with Crippen LogP contribution in [-0.4, -0.2) is 5.78 Å². The fourth-order valence-electron chi connectivity index (χ4n) is 0.775. The first-order chi connectivity index (χ1) is 7.34. The molecule has 0 amide bonds. The van der Waals surface area contributed by atoms with Crippen molar-refractivity contribution in [3.05, 3.63) is 35.9 Å². The van der Waals surface area contributed by atoms with Gasteiger partial charge in [-0.25, -0.2) is 0 Å². The molecule has 0 saturated carbocycles. The Hall–Kier alpha value is -1.55. The van der Waals surface area contributed by atoms with Gasteiger partial charge < -0.3 is 0 Å². The molecule has 0 unspecified atom stereocenters. The second-order valence-corrected chi connectivity index (χ2v) is 2.07. The molecule has 1 aromatic rings. The van der Waals surface area contributed by atoms with E-state index in [-0.39, 0.29) is 5.78 Å². The Bertz CT molecular complexity index is 301. The SMILES string of the molecule is CC.CC.CC#CC(=O)c1ccccc1. The highest BCUT2D eigenvalue weighted by molar-refractivity contribution is 6.08. The maximum absolute atomic E-state index is 11.1. The Balaban J connectivity index is 0. The number of hydrogen-bond acceptors (Lipinski definition) is 1. The van der Waals surface area contributed by atoms with Gasteiger partial charge in [-0.05, 0) is 12.8 Å². The van der Waals surface area contributed by atoms with Crippen LogP contribution in [0.1, 0.15) is 45.0 Å². The summed E-state index contributed by atoms with van der Waals surface area (Å²) in [6.07, 6.45) is 0. The van der Waals surface area contributed by atoms with Crippen LogP contribution in [0.15, 0.2) is 30.3 Å². The normalized spacial score (nSPS) is 6.73. The van der Waals surface area contributed by atoms with E-state index in [0.717, 1.165) is 0 Å². The number of Topliss-reactive ketones (excluding diaryl/α,β-unsaturated/α-hetero) is 1. The van der Waals surface area contributed by atoms with Gasteiger partial charge in [0.15, 0.2) is 0 Å². The highest BCUT2D eigenvalue weighted by Crippen LogP contribution is 1.97. The van der Waals surface area contributed by atoms with Crippen LogP contribution in [0, 0.1) is 11.8 Å². The summed E-state index contributed by atoms with van der Waals surface area (Å²) in [5, 5.41) is 0. The smallest absolute Gasteiger partial charge is 0.235 e. The molecule has 0 saturated heterocycles. The lowest BCUT2D eigenvalue weighted by molar-refractivity contribution is 0.105. The molecule has 0 radical (unpaired) electrons. The molecule has 1 heteroatoms. The minimum atomic E-state index is -0.117. The van der Waals surface area contributed by atoms with Crippen molar-refractivity contribution in [2.75, 3.05) is 0 Å². The molecule has 0 aliphatic heterocycles. The molecular weight excluding hydrogens is 184 g/mol. The number of ketones is 1. The Labute approximate surface area is 93.5 Å². The first kappa shape index (κ1) is 15.9. The largest absolute Gasteiger partial charge is 0.279 e. The molecule has 0 atom stereocenters. The number of carbonyl (C=O) groups is 1. The molecule has 0 aromatic heterocycles. The molecule has 0 N–H and O–H groups in total. The summed E-state index contributed by atoms with van der Waals surface area (Å²) < 4.78 is 0. The molecule has 82 valence electrons. The summed E-state index contributed by atoms with van der Waals surface area (Å²) in [4.78, 5) is 11.1. The Morgan fingerprint density at radius 1 is 1.00 bits per heavy atom. The van der Waals surface area contributed by atoms with E-state index in [0.29, 0.717) is 5.56 Å². The van der Waals surface area contributed by atoms with Gasteiger partial charge >= 0.3 is 0 Å². The van der Waals surface area contributed by atoms with Crippen molar-refractivity contribution in [2.45, 2.75) is 34.6 Å². The Morgan fingerprint density at radius 3 is 1.87 bits per heavy atom. The molecular formula is C14H20O. The third-order valence-corrected chi connectivity index (χ3v) is 1.27. The molecule has 1 rings (SSSR count). The van der Waals surface area contributed by atoms with Crippen LogP contribution in [0.3, 0.4) is 0 Å². The first-order valence-electron chi connectivity index (χ1n) is 5.36. The second kappa shape index (κ2) is 12.4. The average Bonchev–Trinajstić information content (AvgIpc) is 2.36. The molecule has 15 heavy (non-hydrogen) atoms. The van der Waals surface area contributed by atoms with Gasteiger partial charge in [0.1, 0.15) is 0 Å². The third-order valence-electron chi connectivity index (χ3n) is 1.27. The van der Waals surface area contributed by atoms with E-state index in [1.54, 1.807) is 19.1 Å². The lowest BCUT2D eigenvalue weighted by Crippen LogP contribution is -1.92. The van der Waals surface area contributed by atoms with E-state index < -0.39 is 0 Å². The van der Waals surface area contributed by atoms with Crippen molar-refractivity contribution in [3.63, 3.8) is 0 Å². The lowest BCUT2D eigenvalue weighted by Gasteiger charge is -1.89.